The standard InChI is InChI=1S/C8H15F3N2S/c1-6(2)13-7(14)12-5-3-4-8(9,10)11/h6H,3-5H2,1-2H3,(H2,12,13,14). The third-order valence-electron chi connectivity index (χ3n) is 1.34. The summed E-state index contributed by atoms with van der Waals surface area (Å²) in [6, 6.07) is 0.192. The molecule has 84 valence electrons. The molecule has 0 heterocycles. The number of alkyl halides is 3. The molecule has 0 aromatic rings. The van der Waals surface area contributed by atoms with Crippen LogP contribution >= 0.6 is 12.2 Å². The Morgan fingerprint density at radius 2 is 1.93 bits per heavy atom. The van der Waals surface area contributed by atoms with Crippen LogP contribution < -0.4 is 10.6 Å². The fourth-order valence-corrected chi connectivity index (χ4v) is 1.14. The lowest BCUT2D eigenvalue weighted by molar-refractivity contribution is -0.135. The zero-order valence-corrected chi connectivity index (χ0v) is 9.06. The summed E-state index contributed by atoms with van der Waals surface area (Å²) in [5, 5.41) is 5.99. The molecule has 0 aliphatic rings. The van der Waals surface area contributed by atoms with E-state index in [0.29, 0.717) is 5.11 Å². The van der Waals surface area contributed by atoms with Gasteiger partial charge in [0.2, 0.25) is 0 Å². The maximum atomic E-state index is 11.7. The Hall–Kier alpha value is -0.520. The molecule has 14 heavy (non-hydrogen) atoms. The summed E-state index contributed by atoms with van der Waals surface area (Å²) in [7, 11) is 0. The lowest BCUT2D eigenvalue weighted by Gasteiger charge is -2.13. The van der Waals surface area contributed by atoms with Gasteiger partial charge in [0.05, 0.1) is 0 Å². The van der Waals surface area contributed by atoms with Crippen molar-refractivity contribution in [3.05, 3.63) is 0 Å². The van der Waals surface area contributed by atoms with Gasteiger partial charge < -0.3 is 10.6 Å². The highest BCUT2D eigenvalue weighted by molar-refractivity contribution is 7.80. The van der Waals surface area contributed by atoms with Crippen molar-refractivity contribution in [2.45, 2.75) is 38.9 Å². The van der Waals surface area contributed by atoms with Crippen LogP contribution in [0.3, 0.4) is 0 Å². The summed E-state index contributed by atoms with van der Waals surface area (Å²) in [4.78, 5) is 0. The van der Waals surface area contributed by atoms with E-state index in [1.807, 2.05) is 13.8 Å². The minimum atomic E-state index is -4.07. The van der Waals surface area contributed by atoms with Gasteiger partial charge in [-0.25, -0.2) is 0 Å². The molecular formula is C8H15F3N2S. The molecule has 2 N–H and O–H groups in total. The monoisotopic (exact) mass is 228 g/mol. The Bertz CT molecular complexity index is 180. The molecule has 0 aliphatic carbocycles. The van der Waals surface area contributed by atoms with Gasteiger partial charge in [-0.15, -0.1) is 0 Å². The second-order valence-electron chi connectivity index (χ2n) is 3.27. The maximum absolute atomic E-state index is 11.7. The van der Waals surface area contributed by atoms with Crippen LogP contribution in [0.1, 0.15) is 26.7 Å². The van der Waals surface area contributed by atoms with Gasteiger partial charge in [0.15, 0.2) is 5.11 Å². The Kier molecular flexibility index (Phi) is 5.83. The molecule has 0 aromatic carbocycles. The van der Waals surface area contributed by atoms with Crippen LogP contribution in [0.25, 0.3) is 0 Å². The molecule has 0 fully saturated rings. The number of rotatable bonds is 4. The topological polar surface area (TPSA) is 24.1 Å². The lowest BCUT2D eigenvalue weighted by atomic mass is 10.3. The number of hydrogen-bond acceptors (Lipinski definition) is 1. The molecule has 0 saturated heterocycles. The van der Waals surface area contributed by atoms with E-state index >= 15 is 0 Å². The zero-order valence-electron chi connectivity index (χ0n) is 8.24. The minimum Gasteiger partial charge on any atom is -0.363 e. The summed E-state index contributed by atoms with van der Waals surface area (Å²) >= 11 is 4.83. The molecule has 2 nitrogen and oxygen atoms in total. The van der Waals surface area contributed by atoms with Crippen LogP contribution in [-0.2, 0) is 0 Å². The summed E-state index contributed by atoms with van der Waals surface area (Å²) in [5.41, 5.74) is 0. The molecule has 0 unspecified atom stereocenters. The van der Waals surface area contributed by atoms with Crippen LogP contribution in [-0.4, -0.2) is 23.9 Å². The first-order valence-electron chi connectivity index (χ1n) is 4.42. The Balaban J connectivity index is 3.41. The first-order chi connectivity index (χ1) is 6.31. The first-order valence-corrected chi connectivity index (χ1v) is 4.83. The van der Waals surface area contributed by atoms with Gasteiger partial charge in [0, 0.05) is 19.0 Å². The van der Waals surface area contributed by atoms with Gasteiger partial charge in [0.25, 0.3) is 0 Å². The number of halogens is 3. The van der Waals surface area contributed by atoms with Crippen molar-refractivity contribution >= 4 is 17.3 Å². The molecule has 0 saturated carbocycles. The molecule has 6 heteroatoms. The molecule has 0 bridgehead atoms. The molecule has 0 aliphatic heterocycles. The number of thiocarbonyl (C=S) groups is 1. The molecule has 0 spiro atoms. The van der Waals surface area contributed by atoms with Crippen molar-refractivity contribution in [2.75, 3.05) is 6.54 Å². The first kappa shape index (κ1) is 13.5. The van der Waals surface area contributed by atoms with Crippen molar-refractivity contribution < 1.29 is 13.2 Å². The normalized spacial score (nSPS) is 11.6. The number of hydrogen-bond donors (Lipinski definition) is 2. The third-order valence-corrected chi connectivity index (χ3v) is 1.60. The van der Waals surface area contributed by atoms with E-state index in [4.69, 9.17) is 12.2 Å². The average molecular weight is 228 g/mol. The molecule has 0 radical (unpaired) electrons. The van der Waals surface area contributed by atoms with E-state index in [9.17, 15) is 13.2 Å². The van der Waals surface area contributed by atoms with E-state index in [2.05, 4.69) is 10.6 Å². The van der Waals surface area contributed by atoms with E-state index in [-0.39, 0.29) is 19.0 Å². The minimum absolute atomic E-state index is 0.0451. The summed E-state index contributed by atoms with van der Waals surface area (Å²) in [5.74, 6) is 0. The van der Waals surface area contributed by atoms with Crippen LogP contribution in [0, 0.1) is 0 Å². The third kappa shape index (κ3) is 9.57. The van der Waals surface area contributed by atoms with Gasteiger partial charge in [0.1, 0.15) is 0 Å². The van der Waals surface area contributed by atoms with Crippen LogP contribution in [0.5, 0.6) is 0 Å². The molecule has 0 rings (SSSR count). The van der Waals surface area contributed by atoms with E-state index in [0.717, 1.165) is 0 Å². The molecule has 0 amide bonds. The van der Waals surface area contributed by atoms with Gasteiger partial charge in [-0.1, -0.05) is 0 Å². The highest BCUT2D eigenvalue weighted by Gasteiger charge is 2.25. The van der Waals surface area contributed by atoms with E-state index in [1.165, 1.54) is 0 Å². The second kappa shape index (κ2) is 6.06. The fraction of sp³-hybridized carbons (Fsp3) is 0.875. The molecule has 0 atom stereocenters. The van der Waals surface area contributed by atoms with Crippen molar-refractivity contribution in [1.82, 2.24) is 10.6 Å². The second-order valence-corrected chi connectivity index (χ2v) is 3.68. The van der Waals surface area contributed by atoms with Gasteiger partial charge >= 0.3 is 6.18 Å². The largest absolute Gasteiger partial charge is 0.389 e. The van der Waals surface area contributed by atoms with Crippen molar-refractivity contribution in [3.63, 3.8) is 0 Å². The highest BCUT2D eigenvalue weighted by Crippen LogP contribution is 2.20. The SMILES string of the molecule is CC(C)NC(=S)NCCCC(F)(F)F. The van der Waals surface area contributed by atoms with Crippen molar-refractivity contribution in [2.24, 2.45) is 0 Å². The van der Waals surface area contributed by atoms with Crippen LogP contribution in [0.15, 0.2) is 0 Å². The summed E-state index contributed by atoms with van der Waals surface area (Å²) in [6.07, 6.45) is -4.80. The summed E-state index contributed by atoms with van der Waals surface area (Å²) < 4.78 is 35.1. The average Bonchev–Trinajstić information content (AvgIpc) is 1.95. The fourth-order valence-electron chi connectivity index (χ4n) is 0.804. The van der Waals surface area contributed by atoms with Gasteiger partial charge in [-0.2, -0.15) is 13.2 Å². The van der Waals surface area contributed by atoms with Gasteiger partial charge in [-0.05, 0) is 32.5 Å². The Morgan fingerprint density at radius 1 is 1.36 bits per heavy atom. The zero-order chi connectivity index (χ0) is 11.2. The lowest BCUT2D eigenvalue weighted by Crippen LogP contribution is -2.39. The van der Waals surface area contributed by atoms with Gasteiger partial charge in [-0.3, -0.25) is 0 Å². The molecular weight excluding hydrogens is 213 g/mol. The van der Waals surface area contributed by atoms with Crippen LogP contribution in [0.2, 0.25) is 0 Å². The van der Waals surface area contributed by atoms with Crippen molar-refractivity contribution in [1.29, 1.82) is 0 Å². The van der Waals surface area contributed by atoms with E-state index < -0.39 is 12.6 Å². The highest BCUT2D eigenvalue weighted by atomic mass is 32.1. The molecule has 0 aromatic heterocycles. The predicted molar refractivity (Wildman–Crippen MR) is 54.2 cm³/mol. The maximum Gasteiger partial charge on any atom is 0.389 e. The smallest absolute Gasteiger partial charge is 0.363 e. The summed E-state index contributed by atoms with van der Waals surface area (Å²) in [6.45, 7) is 4.06. The quantitative estimate of drug-likeness (QED) is 0.570. The number of nitrogens with one attached hydrogen (secondary N) is 2. The Morgan fingerprint density at radius 3 is 2.36 bits per heavy atom. The van der Waals surface area contributed by atoms with Crippen molar-refractivity contribution in [3.8, 4) is 0 Å². The van der Waals surface area contributed by atoms with E-state index in [1.54, 1.807) is 0 Å². The Labute approximate surface area is 87.2 Å². The predicted octanol–water partition coefficient (Wildman–Crippen LogP) is 2.20. The van der Waals surface area contributed by atoms with Crippen LogP contribution in [0.4, 0.5) is 13.2 Å².